The second-order valence-electron chi connectivity index (χ2n) is 4.74. The average molecular weight is 251 g/mol. The van der Waals surface area contributed by atoms with Crippen molar-refractivity contribution in [2.45, 2.75) is 26.8 Å². The molecule has 100 valence electrons. The quantitative estimate of drug-likeness (QED) is 0.868. The number of ether oxygens (including phenoxy) is 1. The standard InChI is InChI=1S/C13H21N3O2/c1-10-4-5-11(2)16(10)14-12(3)13(17)15-6-8-18-9-7-15/h4-5,12,14H,6-9H2,1-3H3. The lowest BCUT2D eigenvalue weighted by atomic mass is 10.3. The van der Waals surface area contributed by atoms with E-state index in [9.17, 15) is 4.79 Å². The second kappa shape index (κ2) is 5.44. The fourth-order valence-corrected chi connectivity index (χ4v) is 2.18. The first-order valence-corrected chi connectivity index (χ1v) is 6.37. The van der Waals surface area contributed by atoms with Gasteiger partial charge in [-0.05, 0) is 32.9 Å². The van der Waals surface area contributed by atoms with Crippen molar-refractivity contribution in [2.24, 2.45) is 0 Å². The first-order valence-electron chi connectivity index (χ1n) is 6.37. The van der Waals surface area contributed by atoms with Crippen molar-refractivity contribution < 1.29 is 9.53 Å². The Morgan fingerprint density at radius 3 is 2.39 bits per heavy atom. The molecular formula is C13H21N3O2. The third-order valence-electron chi connectivity index (χ3n) is 3.29. The van der Waals surface area contributed by atoms with Crippen LogP contribution in [0, 0.1) is 13.8 Å². The lowest BCUT2D eigenvalue weighted by Gasteiger charge is -2.30. The van der Waals surface area contributed by atoms with Crippen molar-refractivity contribution in [2.75, 3.05) is 31.7 Å². The number of amides is 1. The van der Waals surface area contributed by atoms with Gasteiger partial charge in [0.25, 0.3) is 0 Å². The summed E-state index contributed by atoms with van der Waals surface area (Å²) in [5.41, 5.74) is 5.45. The topological polar surface area (TPSA) is 46.5 Å². The second-order valence-corrected chi connectivity index (χ2v) is 4.74. The Labute approximate surface area is 108 Å². The predicted molar refractivity (Wildman–Crippen MR) is 70.1 cm³/mol. The predicted octanol–water partition coefficient (Wildman–Crippen LogP) is 0.896. The van der Waals surface area contributed by atoms with Crippen LogP contribution < -0.4 is 5.43 Å². The molecule has 1 aliphatic heterocycles. The molecule has 1 aliphatic rings. The van der Waals surface area contributed by atoms with Crippen LogP contribution >= 0.6 is 0 Å². The van der Waals surface area contributed by atoms with Gasteiger partial charge in [-0.2, -0.15) is 0 Å². The molecule has 1 N–H and O–H groups in total. The third kappa shape index (κ3) is 2.67. The van der Waals surface area contributed by atoms with Crippen LogP contribution in [0.25, 0.3) is 0 Å². The summed E-state index contributed by atoms with van der Waals surface area (Å²) in [7, 11) is 0. The number of nitrogens with zero attached hydrogens (tertiary/aromatic N) is 2. The minimum atomic E-state index is -0.229. The molecule has 0 spiro atoms. The number of nitrogens with one attached hydrogen (secondary N) is 1. The van der Waals surface area contributed by atoms with E-state index in [1.54, 1.807) is 0 Å². The molecule has 1 aromatic rings. The molecule has 0 aliphatic carbocycles. The molecule has 0 radical (unpaired) electrons. The third-order valence-corrected chi connectivity index (χ3v) is 3.29. The van der Waals surface area contributed by atoms with E-state index in [1.807, 2.05) is 42.5 Å². The molecule has 2 rings (SSSR count). The highest BCUT2D eigenvalue weighted by molar-refractivity contribution is 5.82. The van der Waals surface area contributed by atoms with E-state index in [2.05, 4.69) is 5.43 Å². The molecule has 1 unspecified atom stereocenters. The number of hydrogen-bond donors (Lipinski definition) is 1. The van der Waals surface area contributed by atoms with E-state index >= 15 is 0 Å². The number of carbonyl (C=O) groups excluding carboxylic acids is 1. The Balaban J connectivity index is 1.98. The van der Waals surface area contributed by atoms with Crippen molar-refractivity contribution in [3.63, 3.8) is 0 Å². The summed E-state index contributed by atoms with van der Waals surface area (Å²) in [6.07, 6.45) is 0. The van der Waals surface area contributed by atoms with E-state index in [1.165, 1.54) is 0 Å². The Bertz CT molecular complexity index is 402. The maximum Gasteiger partial charge on any atom is 0.246 e. The van der Waals surface area contributed by atoms with Crippen LogP contribution in [0.4, 0.5) is 0 Å². The molecule has 18 heavy (non-hydrogen) atoms. The molecule has 2 heterocycles. The number of rotatable bonds is 3. The minimum Gasteiger partial charge on any atom is -0.378 e. The SMILES string of the molecule is Cc1ccc(C)n1NC(C)C(=O)N1CCOCC1. The number of morpholine rings is 1. The zero-order valence-corrected chi connectivity index (χ0v) is 11.3. The molecule has 1 fully saturated rings. The van der Waals surface area contributed by atoms with E-state index < -0.39 is 0 Å². The zero-order valence-electron chi connectivity index (χ0n) is 11.3. The van der Waals surface area contributed by atoms with Gasteiger partial charge in [0.2, 0.25) is 5.91 Å². The Hall–Kier alpha value is -1.49. The van der Waals surface area contributed by atoms with Crippen molar-refractivity contribution >= 4 is 5.91 Å². The molecule has 1 amide bonds. The van der Waals surface area contributed by atoms with Gasteiger partial charge in [-0.25, -0.2) is 0 Å². The zero-order chi connectivity index (χ0) is 13.1. The Morgan fingerprint density at radius 1 is 1.28 bits per heavy atom. The van der Waals surface area contributed by atoms with Gasteiger partial charge >= 0.3 is 0 Å². The molecule has 0 saturated carbocycles. The minimum absolute atomic E-state index is 0.130. The van der Waals surface area contributed by atoms with Crippen LogP contribution in [0.5, 0.6) is 0 Å². The van der Waals surface area contributed by atoms with Gasteiger partial charge in [0, 0.05) is 24.5 Å². The molecule has 5 nitrogen and oxygen atoms in total. The van der Waals surface area contributed by atoms with Crippen LogP contribution in [0.3, 0.4) is 0 Å². The molecule has 1 aromatic heterocycles. The average Bonchev–Trinajstić information content (AvgIpc) is 2.70. The molecule has 0 aromatic carbocycles. The van der Waals surface area contributed by atoms with Gasteiger partial charge in [0.15, 0.2) is 0 Å². The van der Waals surface area contributed by atoms with Gasteiger partial charge in [0.05, 0.1) is 13.2 Å². The van der Waals surface area contributed by atoms with Crippen LogP contribution in [-0.4, -0.2) is 47.8 Å². The molecule has 1 saturated heterocycles. The van der Waals surface area contributed by atoms with E-state index in [-0.39, 0.29) is 11.9 Å². The van der Waals surface area contributed by atoms with E-state index in [0.717, 1.165) is 11.4 Å². The Kier molecular flexibility index (Phi) is 3.91. The van der Waals surface area contributed by atoms with Crippen molar-refractivity contribution in [1.29, 1.82) is 0 Å². The van der Waals surface area contributed by atoms with Crippen LogP contribution in [-0.2, 0) is 9.53 Å². The summed E-state index contributed by atoms with van der Waals surface area (Å²) in [5.74, 6) is 0.130. The van der Waals surface area contributed by atoms with Gasteiger partial charge < -0.3 is 15.1 Å². The fraction of sp³-hybridized carbons (Fsp3) is 0.615. The number of aromatic nitrogens is 1. The normalized spacial score (nSPS) is 17.6. The highest BCUT2D eigenvalue weighted by atomic mass is 16.5. The number of hydrogen-bond acceptors (Lipinski definition) is 3. The number of carbonyl (C=O) groups is 1. The summed E-state index contributed by atoms with van der Waals surface area (Å²) in [5, 5.41) is 0. The largest absolute Gasteiger partial charge is 0.378 e. The maximum absolute atomic E-state index is 12.2. The Morgan fingerprint density at radius 2 is 1.83 bits per heavy atom. The smallest absolute Gasteiger partial charge is 0.246 e. The van der Waals surface area contributed by atoms with Crippen molar-refractivity contribution in [3.05, 3.63) is 23.5 Å². The van der Waals surface area contributed by atoms with Crippen LogP contribution in [0.2, 0.25) is 0 Å². The molecular weight excluding hydrogens is 230 g/mol. The lowest BCUT2D eigenvalue weighted by molar-refractivity contribution is -0.135. The first kappa shape index (κ1) is 13.0. The molecule has 1 atom stereocenters. The maximum atomic E-state index is 12.2. The molecule has 5 heteroatoms. The lowest BCUT2D eigenvalue weighted by Crippen LogP contribution is -2.48. The molecule has 0 bridgehead atoms. The monoisotopic (exact) mass is 251 g/mol. The summed E-state index contributed by atoms with van der Waals surface area (Å²) in [6.45, 7) is 8.59. The van der Waals surface area contributed by atoms with Gasteiger partial charge in [-0.15, -0.1) is 0 Å². The highest BCUT2D eigenvalue weighted by Crippen LogP contribution is 2.07. The summed E-state index contributed by atoms with van der Waals surface area (Å²) >= 11 is 0. The van der Waals surface area contributed by atoms with E-state index in [0.29, 0.717) is 26.3 Å². The summed E-state index contributed by atoms with van der Waals surface area (Å²) in [6, 6.07) is 3.84. The van der Waals surface area contributed by atoms with Gasteiger partial charge in [-0.1, -0.05) is 0 Å². The van der Waals surface area contributed by atoms with Crippen LogP contribution in [0.15, 0.2) is 12.1 Å². The summed E-state index contributed by atoms with van der Waals surface area (Å²) < 4.78 is 7.22. The fourth-order valence-electron chi connectivity index (χ4n) is 2.18. The van der Waals surface area contributed by atoms with Gasteiger partial charge in [0.1, 0.15) is 6.04 Å². The van der Waals surface area contributed by atoms with Crippen molar-refractivity contribution in [1.82, 2.24) is 9.58 Å². The van der Waals surface area contributed by atoms with Crippen molar-refractivity contribution in [3.8, 4) is 0 Å². The first-order chi connectivity index (χ1) is 8.59. The summed E-state index contributed by atoms with van der Waals surface area (Å²) in [4.78, 5) is 14.1. The highest BCUT2D eigenvalue weighted by Gasteiger charge is 2.22. The number of aryl methyl sites for hydroxylation is 2. The van der Waals surface area contributed by atoms with E-state index in [4.69, 9.17) is 4.74 Å². The van der Waals surface area contributed by atoms with Crippen LogP contribution in [0.1, 0.15) is 18.3 Å². The van der Waals surface area contributed by atoms with Gasteiger partial charge in [-0.3, -0.25) is 9.47 Å².